The van der Waals surface area contributed by atoms with Gasteiger partial charge in [0, 0.05) is 67.0 Å². The number of aromatic nitrogens is 6. The minimum absolute atomic E-state index is 0.926. The molecule has 0 aliphatic heterocycles. The molecule has 17 aromatic rings. The lowest BCUT2D eigenvalue weighted by molar-refractivity contribution is 1.35. The van der Waals surface area contributed by atoms with Gasteiger partial charge in [-0.25, -0.2) is 19.9 Å². The van der Waals surface area contributed by atoms with Crippen LogP contribution in [0.15, 0.2) is 291 Å². The first-order chi connectivity index (χ1) is 41.5. The van der Waals surface area contributed by atoms with Gasteiger partial charge in [0.2, 0.25) is 0 Å². The maximum atomic E-state index is 5.13. The van der Waals surface area contributed by atoms with Crippen molar-refractivity contribution in [1.82, 2.24) is 29.9 Å². The lowest BCUT2D eigenvalue weighted by Gasteiger charge is -2.12. The molecule has 0 saturated carbocycles. The summed E-state index contributed by atoms with van der Waals surface area (Å²) < 4.78 is 0. The van der Waals surface area contributed by atoms with Crippen molar-refractivity contribution < 1.29 is 0 Å². The standard InChI is InChI=1S/C41H25N3.C37H23N3/c1-3-9-33-28(7-1)24-36(35-11-5-4-10-34(33)35)41-20-16-31-22-27(14-18-39(31)44-41)26-13-17-38-30(21-26)15-19-40(43-38)32-23-29-8-2-6-12-37(29)42-25-32;1-2-6-25-19-29(10-9-24(25)5-1)36-17-13-30-20-26(11-15-34(30)39-36)27-12-16-35-31(21-27)14-18-37(40-35)32-22-28-7-3-4-8-33(28)38-23-32/h1-25H;1-23H. The van der Waals surface area contributed by atoms with E-state index >= 15 is 0 Å². The van der Waals surface area contributed by atoms with Crippen LogP contribution in [0, 0.1) is 0 Å². The number of pyridine rings is 6. The third-order valence-corrected chi connectivity index (χ3v) is 16.3. The lowest BCUT2D eigenvalue weighted by atomic mass is 9.95. The molecule has 0 unspecified atom stereocenters. The first-order valence-corrected chi connectivity index (χ1v) is 28.3. The summed E-state index contributed by atoms with van der Waals surface area (Å²) in [6, 6.07) is 98.1. The fourth-order valence-corrected chi connectivity index (χ4v) is 11.9. The van der Waals surface area contributed by atoms with Gasteiger partial charge in [0.25, 0.3) is 0 Å². The third-order valence-electron chi connectivity index (χ3n) is 16.3. The van der Waals surface area contributed by atoms with E-state index in [4.69, 9.17) is 19.9 Å². The molecule has 0 radical (unpaired) electrons. The van der Waals surface area contributed by atoms with E-state index in [0.717, 1.165) is 133 Å². The van der Waals surface area contributed by atoms with Gasteiger partial charge in [-0.2, -0.15) is 0 Å². The number of benzene rings is 11. The minimum atomic E-state index is 0.926. The molecule has 0 amide bonds. The Balaban J connectivity index is 0.000000138. The normalized spacial score (nSPS) is 11.6. The van der Waals surface area contributed by atoms with Gasteiger partial charge < -0.3 is 0 Å². The molecule has 6 heterocycles. The predicted molar refractivity (Wildman–Crippen MR) is 350 cm³/mol. The molecule has 84 heavy (non-hydrogen) atoms. The van der Waals surface area contributed by atoms with E-state index in [1.54, 1.807) is 0 Å². The Labute approximate surface area is 483 Å². The van der Waals surface area contributed by atoms with Gasteiger partial charge in [-0.1, -0.05) is 170 Å². The van der Waals surface area contributed by atoms with Gasteiger partial charge >= 0.3 is 0 Å². The number of rotatable bonds is 6. The zero-order chi connectivity index (χ0) is 55.5. The molecule has 6 aromatic heterocycles. The van der Waals surface area contributed by atoms with E-state index in [1.165, 1.54) is 32.3 Å². The molecule has 0 aliphatic carbocycles. The van der Waals surface area contributed by atoms with Crippen molar-refractivity contribution in [2.24, 2.45) is 0 Å². The highest BCUT2D eigenvalue weighted by atomic mass is 14.7. The number of fused-ring (bicyclic) bond motifs is 10. The smallest absolute Gasteiger partial charge is 0.0725 e. The predicted octanol–water partition coefficient (Wildman–Crippen LogP) is 20.1. The fraction of sp³-hybridized carbons (Fsp3) is 0. The topological polar surface area (TPSA) is 77.3 Å². The number of para-hydroxylation sites is 2. The van der Waals surface area contributed by atoms with Crippen LogP contribution in [0.3, 0.4) is 0 Å². The molecule has 6 heteroatoms. The van der Waals surface area contributed by atoms with Crippen LogP contribution in [0.4, 0.5) is 0 Å². The lowest BCUT2D eigenvalue weighted by Crippen LogP contribution is -1.90. The van der Waals surface area contributed by atoms with Gasteiger partial charge in [-0.15, -0.1) is 0 Å². The van der Waals surface area contributed by atoms with Crippen molar-refractivity contribution >= 4 is 97.7 Å². The van der Waals surface area contributed by atoms with Gasteiger partial charge in [0.15, 0.2) is 0 Å². The molecule has 0 N–H and O–H groups in total. The van der Waals surface area contributed by atoms with Gasteiger partial charge in [-0.05, 0) is 164 Å². The monoisotopic (exact) mass is 1070 g/mol. The highest BCUT2D eigenvalue weighted by molar-refractivity contribution is 6.13. The quantitative estimate of drug-likeness (QED) is 0.154. The zero-order valence-corrected chi connectivity index (χ0v) is 45.4. The SMILES string of the molecule is c1ccc2cc(-c3ccc4cc(-c5ccc6nc(-c7cnc8ccccc8c7)ccc6c5)ccc4n3)ccc2c1.c1ccc2ncc(-c3ccc4cc(-c5ccc6nc(-c7cc8ccccc8c8ccccc78)ccc6c5)ccc4n3)cc2c1. The van der Waals surface area contributed by atoms with E-state index in [-0.39, 0.29) is 0 Å². The first-order valence-electron chi connectivity index (χ1n) is 28.3. The Bertz CT molecular complexity index is 5320. The molecule has 17 rings (SSSR count). The Morgan fingerprint density at radius 2 is 0.512 bits per heavy atom. The Morgan fingerprint density at radius 3 is 1.02 bits per heavy atom. The summed E-state index contributed by atoms with van der Waals surface area (Å²) in [5, 5.41) is 14.1. The molecule has 0 fully saturated rings. The summed E-state index contributed by atoms with van der Waals surface area (Å²) in [4.78, 5) is 29.2. The van der Waals surface area contributed by atoms with Crippen molar-refractivity contribution in [3.8, 4) is 67.3 Å². The van der Waals surface area contributed by atoms with Crippen LogP contribution in [0.5, 0.6) is 0 Å². The Hall–Kier alpha value is -11.3. The van der Waals surface area contributed by atoms with Crippen LogP contribution in [0.25, 0.3) is 165 Å². The summed E-state index contributed by atoms with van der Waals surface area (Å²) in [5.41, 5.74) is 18.7. The molecule has 11 aromatic carbocycles. The highest BCUT2D eigenvalue weighted by Gasteiger charge is 2.13. The van der Waals surface area contributed by atoms with Crippen LogP contribution in [-0.4, -0.2) is 29.9 Å². The molecule has 6 nitrogen and oxygen atoms in total. The summed E-state index contributed by atoms with van der Waals surface area (Å²) in [6.45, 7) is 0. The van der Waals surface area contributed by atoms with Crippen molar-refractivity contribution in [3.63, 3.8) is 0 Å². The largest absolute Gasteiger partial charge is 0.256 e. The van der Waals surface area contributed by atoms with Crippen molar-refractivity contribution in [2.75, 3.05) is 0 Å². The number of hydrogen-bond donors (Lipinski definition) is 0. The molecule has 0 saturated heterocycles. The van der Waals surface area contributed by atoms with Crippen molar-refractivity contribution in [2.45, 2.75) is 0 Å². The minimum Gasteiger partial charge on any atom is -0.256 e. The van der Waals surface area contributed by atoms with Crippen molar-refractivity contribution in [3.05, 3.63) is 291 Å². The summed E-state index contributed by atoms with van der Waals surface area (Å²) >= 11 is 0. The van der Waals surface area contributed by atoms with Crippen molar-refractivity contribution in [1.29, 1.82) is 0 Å². The second kappa shape index (κ2) is 20.3. The molecule has 390 valence electrons. The molecular weight excluding hydrogens is 1020 g/mol. The van der Waals surface area contributed by atoms with E-state index in [9.17, 15) is 0 Å². The van der Waals surface area contributed by atoms with Gasteiger partial charge in [0.05, 0.1) is 55.9 Å². The molecule has 0 aliphatic rings. The highest BCUT2D eigenvalue weighted by Crippen LogP contribution is 2.37. The average molecular weight is 1070 g/mol. The molecule has 0 bridgehead atoms. The number of nitrogens with zero attached hydrogens (tertiary/aromatic N) is 6. The maximum absolute atomic E-state index is 5.13. The van der Waals surface area contributed by atoms with Crippen LogP contribution < -0.4 is 0 Å². The van der Waals surface area contributed by atoms with E-state index in [0.29, 0.717) is 0 Å². The summed E-state index contributed by atoms with van der Waals surface area (Å²) in [5.74, 6) is 0. The van der Waals surface area contributed by atoms with E-state index in [2.05, 4.69) is 253 Å². The van der Waals surface area contributed by atoms with Crippen LogP contribution >= 0.6 is 0 Å². The zero-order valence-electron chi connectivity index (χ0n) is 45.4. The van der Waals surface area contributed by atoms with Gasteiger partial charge in [0.1, 0.15) is 0 Å². The Kier molecular flexibility index (Phi) is 11.8. The van der Waals surface area contributed by atoms with Crippen LogP contribution in [-0.2, 0) is 0 Å². The number of hydrogen-bond acceptors (Lipinski definition) is 6. The fourth-order valence-electron chi connectivity index (χ4n) is 11.9. The third kappa shape index (κ3) is 9.05. The Morgan fingerprint density at radius 1 is 0.179 bits per heavy atom. The molecular formula is C78H48N6. The first kappa shape index (κ1) is 48.6. The second-order valence-corrected chi connectivity index (χ2v) is 21.5. The maximum Gasteiger partial charge on any atom is 0.0725 e. The van der Waals surface area contributed by atoms with Gasteiger partial charge in [-0.3, -0.25) is 9.97 Å². The average Bonchev–Trinajstić information content (AvgIpc) is 3.72. The summed E-state index contributed by atoms with van der Waals surface area (Å²) in [6.07, 6.45) is 3.81. The molecule has 0 spiro atoms. The summed E-state index contributed by atoms with van der Waals surface area (Å²) in [7, 11) is 0. The van der Waals surface area contributed by atoms with E-state index < -0.39 is 0 Å². The van der Waals surface area contributed by atoms with E-state index in [1.807, 2.05) is 48.8 Å². The second-order valence-electron chi connectivity index (χ2n) is 21.5. The van der Waals surface area contributed by atoms with Crippen LogP contribution in [0.2, 0.25) is 0 Å². The molecule has 0 atom stereocenters. The van der Waals surface area contributed by atoms with Crippen LogP contribution in [0.1, 0.15) is 0 Å².